The molecule has 1 aromatic carbocycles. The van der Waals surface area contributed by atoms with Gasteiger partial charge in [-0.15, -0.1) is 6.58 Å². The van der Waals surface area contributed by atoms with Gasteiger partial charge < -0.3 is 10.4 Å². The molecule has 1 heterocycles. The molecule has 0 saturated carbocycles. The predicted molar refractivity (Wildman–Crippen MR) is 63.0 cm³/mol. The van der Waals surface area contributed by atoms with Gasteiger partial charge in [0.05, 0.1) is 0 Å². The number of rotatable bonds is 4. The minimum absolute atomic E-state index is 0.322. The molecule has 16 heavy (non-hydrogen) atoms. The number of hydrogen-bond acceptors (Lipinski definition) is 2. The number of unbranched alkanes of at least 4 members (excludes halogenated alkanes) is 1. The Hall–Kier alpha value is -1.61. The maximum absolute atomic E-state index is 11.8. The Labute approximate surface area is 94.8 Å². The van der Waals surface area contributed by atoms with Crippen LogP contribution in [0.3, 0.4) is 0 Å². The van der Waals surface area contributed by atoms with Gasteiger partial charge in [-0.1, -0.05) is 24.3 Å². The number of benzene rings is 1. The zero-order valence-corrected chi connectivity index (χ0v) is 9.07. The number of anilines is 1. The van der Waals surface area contributed by atoms with E-state index in [2.05, 4.69) is 11.9 Å². The predicted octanol–water partition coefficient (Wildman–Crippen LogP) is 2.18. The summed E-state index contributed by atoms with van der Waals surface area (Å²) < 4.78 is 0. The van der Waals surface area contributed by atoms with Gasteiger partial charge >= 0.3 is 0 Å². The summed E-state index contributed by atoms with van der Waals surface area (Å²) in [5, 5.41) is 13.1. The van der Waals surface area contributed by atoms with Crippen molar-refractivity contribution in [2.45, 2.75) is 24.9 Å². The average molecular weight is 217 g/mol. The maximum Gasteiger partial charge on any atom is 0.261 e. The zero-order valence-electron chi connectivity index (χ0n) is 9.07. The van der Waals surface area contributed by atoms with Gasteiger partial charge in [0.15, 0.2) is 5.60 Å². The molecule has 0 bridgehead atoms. The molecule has 0 radical (unpaired) electrons. The molecule has 0 saturated heterocycles. The average Bonchev–Trinajstić information content (AvgIpc) is 2.53. The molecule has 2 N–H and O–H groups in total. The van der Waals surface area contributed by atoms with Crippen molar-refractivity contribution in [3.63, 3.8) is 0 Å². The Bertz CT molecular complexity index is 428. The van der Waals surface area contributed by atoms with E-state index in [1.807, 2.05) is 12.1 Å². The fourth-order valence-electron chi connectivity index (χ4n) is 2.05. The van der Waals surface area contributed by atoms with Crippen LogP contribution in [0.2, 0.25) is 0 Å². The highest BCUT2D eigenvalue weighted by molar-refractivity contribution is 6.04. The number of nitrogens with one attached hydrogen (secondary N) is 1. The topological polar surface area (TPSA) is 49.3 Å². The van der Waals surface area contributed by atoms with Crippen LogP contribution in [-0.4, -0.2) is 11.0 Å². The molecule has 0 aromatic heterocycles. The Balaban J connectivity index is 2.26. The standard InChI is InChI=1S/C13H15NO2/c1-2-3-6-9-13(16)10-7-4-5-8-11(10)14-12(13)15/h2,4-5,7-8,16H,1,3,6,9H2,(H,14,15). The lowest BCUT2D eigenvalue weighted by Crippen LogP contribution is -2.33. The van der Waals surface area contributed by atoms with E-state index in [0.29, 0.717) is 17.7 Å². The van der Waals surface area contributed by atoms with Crippen LogP contribution in [0.25, 0.3) is 0 Å². The quantitative estimate of drug-likeness (QED) is 0.600. The molecule has 0 spiro atoms. The van der Waals surface area contributed by atoms with Gasteiger partial charge in [0.1, 0.15) is 0 Å². The Morgan fingerprint density at radius 2 is 2.19 bits per heavy atom. The van der Waals surface area contributed by atoms with Gasteiger partial charge in [0.2, 0.25) is 0 Å². The molecule has 3 heteroatoms. The van der Waals surface area contributed by atoms with Crippen molar-refractivity contribution in [1.29, 1.82) is 0 Å². The van der Waals surface area contributed by atoms with Crippen molar-refractivity contribution in [3.05, 3.63) is 42.5 Å². The van der Waals surface area contributed by atoms with Gasteiger partial charge in [-0.3, -0.25) is 4.79 Å². The SMILES string of the molecule is C=CCCCC1(O)C(=O)Nc2ccccc21. The fraction of sp³-hybridized carbons (Fsp3) is 0.308. The highest BCUT2D eigenvalue weighted by Gasteiger charge is 2.44. The molecule has 1 aliphatic heterocycles. The number of fused-ring (bicyclic) bond motifs is 1. The molecule has 1 atom stereocenters. The summed E-state index contributed by atoms with van der Waals surface area (Å²) in [7, 11) is 0. The number of para-hydroxylation sites is 1. The minimum Gasteiger partial charge on any atom is -0.375 e. The summed E-state index contributed by atoms with van der Waals surface area (Å²) in [6.07, 6.45) is 3.78. The monoisotopic (exact) mass is 217 g/mol. The lowest BCUT2D eigenvalue weighted by atomic mass is 9.90. The second-order valence-electron chi connectivity index (χ2n) is 4.04. The van der Waals surface area contributed by atoms with Crippen molar-refractivity contribution in [1.82, 2.24) is 0 Å². The van der Waals surface area contributed by atoms with Crippen molar-refractivity contribution in [2.24, 2.45) is 0 Å². The first-order valence-corrected chi connectivity index (χ1v) is 5.43. The molecule has 84 valence electrons. The van der Waals surface area contributed by atoms with Crippen molar-refractivity contribution in [2.75, 3.05) is 5.32 Å². The van der Waals surface area contributed by atoms with Crippen molar-refractivity contribution < 1.29 is 9.90 Å². The minimum atomic E-state index is -1.36. The summed E-state index contributed by atoms with van der Waals surface area (Å²) in [6, 6.07) is 7.27. The van der Waals surface area contributed by atoms with E-state index in [0.717, 1.165) is 12.8 Å². The normalized spacial score (nSPS) is 22.7. The van der Waals surface area contributed by atoms with Gasteiger partial charge in [0, 0.05) is 11.3 Å². The number of allylic oxidation sites excluding steroid dienone is 1. The summed E-state index contributed by atoms with van der Waals surface area (Å²) in [5.41, 5.74) is 0.0391. The van der Waals surface area contributed by atoms with Crippen LogP contribution < -0.4 is 5.32 Å². The molecule has 3 nitrogen and oxygen atoms in total. The van der Waals surface area contributed by atoms with E-state index >= 15 is 0 Å². The number of carbonyl (C=O) groups is 1. The first kappa shape index (κ1) is 10.9. The summed E-state index contributed by atoms with van der Waals surface area (Å²) in [5.74, 6) is -0.322. The van der Waals surface area contributed by atoms with Gasteiger partial charge in [-0.25, -0.2) is 0 Å². The van der Waals surface area contributed by atoms with Gasteiger partial charge in [0.25, 0.3) is 5.91 Å². The second-order valence-corrected chi connectivity index (χ2v) is 4.04. The number of hydrogen-bond donors (Lipinski definition) is 2. The van der Waals surface area contributed by atoms with Crippen LogP contribution in [0.4, 0.5) is 5.69 Å². The first-order valence-electron chi connectivity index (χ1n) is 5.43. The third-order valence-electron chi connectivity index (χ3n) is 2.94. The molecular weight excluding hydrogens is 202 g/mol. The second kappa shape index (κ2) is 4.10. The third-order valence-corrected chi connectivity index (χ3v) is 2.94. The lowest BCUT2D eigenvalue weighted by Gasteiger charge is -2.20. The van der Waals surface area contributed by atoms with Crippen molar-refractivity contribution in [3.8, 4) is 0 Å². The number of aliphatic hydroxyl groups is 1. The third kappa shape index (κ3) is 1.63. The highest BCUT2D eigenvalue weighted by atomic mass is 16.3. The Morgan fingerprint density at radius 1 is 1.44 bits per heavy atom. The van der Waals surface area contributed by atoms with Crippen LogP contribution in [0.1, 0.15) is 24.8 Å². The molecule has 0 aliphatic carbocycles. The van der Waals surface area contributed by atoms with Gasteiger partial charge in [-0.2, -0.15) is 0 Å². The van der Waals surface area contributed by atoms with Gasteiger partial charge in [-0.05, 0) is 25.3 Å². The summed E-state index contributed by atoms with van der Waals surface area (Å²) in [6.45, 7) is 3.63. The van der Waals surface area contributed by atoms with E-state index in [9.17, 15) is 9.90 Å². The van der Waals surface area contributed by atoms with Crippen LogP contribution in [0.15, 0.2) is 36.9 Å². The maximum atomic E-state index is 11.8. The lowest BCUT2D eigenvalue weighted by molar-refractivity contribution is -0.134. The molecule has 1 amide bonds. The van der Waals surface area contributed by atoms with Crippen LogP contribution in [0.5, 0.6) is 0 Å². The molecule has 0 fully saturated rings. The van der Waals surface area contributed by atoms with Crippen LogP contribution in [-0.2, 0) is 10.4 Å². The van der Waals surface area contributed by atoms with E-state index in [1.165, 1.54) is 0 Å². The number of carbonyl (C=O) groups excluding carboxylic acids is 1. The molecule has 1 unspecified atom stereocenters. The first-order chi connectivity index (χ1) is 7.68. The number of amides is 1. The van der Waals surface area contributed by atoms with E-state index in [-0.39, 0.29) is 5.91 Å². The van der Waals surface area contributed by atoms with E-state index in [1.54, 1.807) is 18.2 Å². The van der Waals surface area contributed by atoms with E-state index < -0.39 is 5.60 Å². The van der Waals surface area contributed by atoms with E-state index in [4.69, 9.17) is 0 Å². The Morgan fingerprint density at radius 3 is 2.94 bits per heavy atom. The van der Waals surface area contributed by atoms with Crippen molar-refractivity contribution >= 4 is 11.6 Å². The zero-order chi connectivity index (χ0) is 11.6. The smallest absolute Gasteiger partial charge is 0.261 e. The summed E-state index contributed by atoms with van der Waals surface area (Å²) >= 11 is 0. The largest absolute Gasteiger partial charge is 0.375 e. The highest BCUT2D eigenvalue weighted by Crippen LogP contribution is 2.38. The molecule has 1 aromatic rings. The fourth-order valence-corrected chi connectivity index (χ4v) is 2.05. The molecule has 2 rings (SSSR count). The molecular formula is C13H15NO2. The van der Waals surface area contributed by atoms with Crippen LogP contribution >= 0.6 is 0 Å². The van der Waals surface area contributed by atoms with Crippen LogP contribution in [0, 0.1) is 0 Å². The summed E-state index contributed by atoms with van der Waals surface area (Å²) in [4.78, 5) is 11.8. The molecule has 1 aliphatic rings. The Kier molecular flexibility index (Phi) is 2.79.